The van der Waals surface area contributed by atoms with Gasteiger partial charge in [-0.3, -0.25) is 0 Å². The number of nitrogens with two attached hydrogens (primary N) is 4. The summed E-state index contributed by atoms with van der Waals surface area (Å²) in [7, 11) is 0. The monoisotopic (exact) mass is 682 g/mol. The molecule has 0 bridgehead atoms. The lowest BCUT2D eigenvalue weighted by molar-refractivity contribution is 0.0501. The van der Waals surface area contributed by atoms with Gasteiger partial charge in [0.05, 0.1) is 17.2 Å². The van der Waals surface area contributed by atoms with E-state index < -0.39 is 0 Å². The molecule has 3 rings (SSSR count). The van der Waals surface area contributed by atoms with E-state index in [-0.39, 0.29) is 5.97 Å². The van der Waals surface area contributed by atoms with E-state index in [0.717, 1.165) is 42.6 Å². The average Bonchev–Trinajstić information content (AvgIpc) is 3.41. The van der Waals surface area contributed by atoms with Crippen molar-refractivity contribution in [3.63, 3.8) is 0 Å². The molecule has 1 heterocycles. The summed E-state index contributed by atoms with van der Waals surface area (Å²) in [6.45, 7) is 18.4. The van der Waals surface area contributed by atoms with Crippen LogP contribution in [0.4, 0.5) is 27.1 Å². The van der Waals surface area contributed by atoms with E-state index in [2.05, 4.69) is 76.8 Å². The summed E-state index contributed by atoms with van der Waals surface area (Å²) in [6, 6.07) is 16.2. The van der Waals surface area contributed by atoms with Gasteiger partial charge < -0.3 is 32.6 Å². The molecule has 270 valence electrons. The van der Waals surface area contributed by atoms with Gasteiger partial charge in [-0.05, 0) is 98.4 Å². The molecule has 8 heteroatoms. The Labute approximate surface area is 296 Å². The molecule has 0 amide bonds. The summed E-state index contributed by atoms with van der Waals surface area (Å²) in [5.41, 5.74) is 28.7. The molecule has 2 unspecified atom stereocenters. The molecule has 0 spiro atoms. The van der Waals surface area contributed by atoms with Crippen LogP contribution in [-0.4, -0.2) is 25.7 Å². The summed E-state index contributed by atoms with van der Waals surface area (Å²) < 4.78 is 4.99. The zero-order chi connectivity index (χ0) is 35.9. The van der Waals surface area contributed by atoms with Gasteiger partial charge in [0.25, 0.3) is 0 Å². The number of ether oxygens (including phenoxy) is 1. The number of carbonyl (C=O) groups excluding carboxylic acids is 1. The van der Waals surface area contributed by atoms with Crippen molar-refractivity contribution in [1.82, 2.24) is 0 Å². The first kappa shape index (κ1) is 42.6. The quantitative estimate of drug-likeness (QED) is 0.0596. The first-order valence-electron chi connectivity index (χ1n) is 18.3. The summed E-state index contributed by atoms with van der Waals surface area (Å²) in [5.74, 6) is 1.15. The van der Waals surface area contributed by atoms with Crippen LogP contribution in [0.5, 0.6) is 0 Å². The second kappa shape index (κ2) is 24.7. The van der Waals surface area contributed by atoms with E-state index in [0.29, 0.717) is 22.2 Å². The van der Waals surface area contributed by atoms with Gasteiger partial charge in [-0.2, -0.15) is 0 Å². The number of hydrogen-bond donors (Lipinski definition) is 4. The molecule has 0 saturated heterocycles. The lowest BCUT2D eigenvalue weighted by atomic mass is 9.97. The van der Waals surface area contributed by atoms with E-state index in [1.807, 2.05) is 19.1 Å². The van der Waals surface area contributed by atoms with Crippen molar-refractivity contribution < 1.29 is 9.53 Å². The maximum atomic E-state index is 11.4. The zero-order valence-corrected chi connectivity index (χ0v) is 32.0. The molecule has 48 heavy (non-hydrogen) atoms. The maximum absolute atomic E-state index is 11.4. The molecular weight excluding hydrogens is 615 g/mol. The topological polar surface area (TPSA) is 134 Å². The lowest BCUT2D eigenvalue weighted by Crippen LogP contribution is -2.33. The van der Waals surface area contributed by atoms with Crippen LogP contribution in [0.2, 0.25) is 0 Å². The Bertz CT molecular complexity index is 1280. The smallest absolute Gasteiger partial charge is 0.341 e. The van der Waals surface area contributed by atoms with Crippen molar-refractivity contribution in [1.29, 1.82) is 0 Å². The van der Waals surface area contributed by atoms with Crippen molar-refractivity contribution in [3.8, 4) is 0 Å². The zero-order valence-electron chi connectivity index (χ0n) is 31.2. The van der Waals surface area contributed by atoms with Gasteiger partial charge >= 0.3 is 5.97 Å². The lowest BCUT2D eigenvalue weighted by Gasteiger charge is -2.32. The highest BCUT2D eigenvalue weighted by molar-refractivity contribution is 7.20. The summed E-state index contributed by atoms with van der Waals surface area (Å²) in [6.07, 6.45) is 13.4. The molecular formula is C40H67N5O2S. The molecule has 1 aromatic heterocycles. The highest BCUT2D eigenvalue weighted by Crippen LogP contribution is 2.28. The molecule has 0 radical (unpaired) electrons. The molecule has 7 nitrogen and oxygen atoms in total. The van der Waals surface area contributed by atoms with E-state index in [1.165, 1.54) is 92.5 Å². The van der Waals surface area contributed by atoms with E-state index >= 15 is 0 Å². The number of carbonyl (C=O) groups is 1. The van der Waals surface area contributed by atoms with Crippen LogP contribution in [-0.2, 0) is 11.2 Å². The molecule has 3 aromatic rings. The van der Waals surface area contributed by atoms with Gasteiger partial charge in [-0.1, -0.05) is 92.2 Å². The van der Waals surface area contributed by atoms with Gasteiger partial charge in [-0.15, -0.1) is 11.3 Å². The Morgan fingerprint density at radius 1 is 0.812 bits per heavy atom. The number of nitrogen functional groups attached to an aromatic ring is 4. The molecule has 0 aliphatic heterocycles. The Morgan fingerprint density at radius 3 is 2.02 bits per heavy atom. The maximum Gasteiger partial charge on any atom is 0.341 e. The molecule has 0 saturated carbocycles. The van der Waals surface area contributed by atoms with Crippen LogP contribution in [0, 0.1) is 18.8 Å². The third kappa shape index (κ3) is 17.1. The molecule has 8 N–H and O–H groups in total. The van der Waals surface area contributed by atoms with Crippen LogP contribution in [0.1, 0.15) is 127 Å². The van der Waals surface area contributed by atoms with Crippen LogP contribution < -0.4 is 27.8 Å². The average molecular weight is 682 g/mol. The standard InChI is InChI=1S/C21H38N2.C10H15N.C9H14N2O2S/c1-6-9-11-19(8-3)16-23(15-17(4)10-7-2)20-12-13-21(22)18(5)14-20;1-2-3-4-9-5-7-10(11)8-6-9;1-2-3-4-13-9(12)6-5-7(10)14-8(6)11/h12-14,17,19H,6-11,15-16,22H2,1-5H3;5-8H,2-4,11H2,1H3;5H,2-4,10-11H2,1H3. The van der Waals surface area contributed by atoms with E-state index in [4.69, 9.17) is 27.7 Å². The van der Waals surface area contributed by atoms with Gasteiger partial charge in [0.15, 0.2) is 0 Å². The predicted octanol–water partition coefficient (Wildman–Crippen LogP) is 10.5. The second-order valence-corrected chi connectivity index (χ2v) is 14.1. The summed E-state index contributed by atoms with van der Waals surface area (Å²) in [4.78, 5) is 14.0. The molecule has 2 aromatic carbocycles. The second-order valence-electron chi connectivity index (χ2n) is 13.0. The Morgan fingerprint density at radius 2 is 1.48 bits per heavy atom. The van der Waals surface area contributed by atoms with Gasteiger partial charge in [0.1, 0.15) is 5.00 Å². The van der Waals surface area contributed by atoms with Crippen molar-refractivity contribution in [3.05, 3.63) is 65.2 Å². The third-order valence-corrected chi connectivity index (χ3v) is 9.28. The first-order chi connectivity index (χ1) is 23.0. The van der Waals surface area contributed by atoms with Crippen molar-refractivity contribution in [2.45, 2.75) is 119 Å². The van der Waals surface area contributed by atoms with Gasteiger partial charge in [-0.25, -0.2) is 4.79 Å². The number of esters is 1. The number of benzene rings is 2. The van der Waals surface area contributed by atoms with Gasteiger partial charge in [0.2, 0.25) is 0 Å². The fourth-order valence-corrected chi connectivity index (χ4v) is 6.05. The molecule has 0 aliphatic rings. The van der Waals surface area contributed by atoms with E-state index in [9.17, 15) is 4.79 Å². The van der Waals surface area contributed by atoms with Crippen LogP contribution >= 0.6 is 11.3 Å². The SMILES string of the molecule is CCCCC(CC)CN(CC(C)CCC)c1ccc(N)c(C)c1.CCCCOC(=O)c1cc(N)sc1N.CCCCc1ccc(N)cc1. The van der Waals surface area contributed by atoms with Crippen molar-refractivity contribution >= 4 is 44.4 Å². The minimum atomic E-state index is -0.385. The minimum Gasteiger partial charge on any atom is -0.462 e. The summed E-state index contributed by atoms with van der Waals surface area (Å²) in [5, 5.41) is 0.953. The van der Waals surface area contributed by atoms with Crippen LogP contribution in [0.25, 0.3) is 0 Å². The fraction of sp³-hybridized carbons (Fsp3) is 0.575. The first-order valence-corrected chi connectivity index (χ1v) is 19.1. The number of unbranched alkanes of at least 4 members (excludes halogenated alkanes) is 3. The van der Waals surface area contributed by atoms with Crippen LogP contribution in [0.3, 0.4) is 0 Å². The molecule has 2 atom stereocenters. The number of hydrogen-bond acceptors (Lipinski definition) is 8. The van der Waals surface area contributed by atoms with Gasteiger partial charge in [0, 0.05) is 30.2 Å². The number of thiophene rings is 1. The number of anilines is 5. The molecule has 0 aliphatic carbocycles. The Kier molecular flexibility index (Phi) is 21.9. The highest BCUT2D eigenvalue weighted by Gasteiger charge is 2.17. The summed E-state index contributed by atoms with van der Waals surface area (Å²) >= 11 is 1.19. The third-order valence-electron chi connectivity index (χ3n) is 8.48. The largest absolute Gasteiger partial charge is 0.462 e. The number of aryl methyl sites for hydroxylation is 2. The number of nitrogens with zero attached hydrogens (tertiary/aromatic N) is 1. The van der Waals surface area contributed by atoms with E-state index in [1.54, 1.807) is 6.07 Å². The predicted molar refractivity (Wildman–Crippen MR) is 213 cm³/mol. The van der Waals surface area contributed by atoms with Crippen molar-refractivity contribution in [2.75, 3.05) is 47.5 Å². The number of rotatable bonds is 18. The normalized spacial score (nSPS) is 11.8. The van der Waals surface area contributed by atoms with Crippen molar-refractivity contribution in [2.24, 2.45) is 11.8 Å². The fourth-order valence-electron chi connectivity index (χ4n) is 5.37. The minimum absolute atomic E-state index is 0.378. The molecule has 0 fully saturated rings. The van der Waals surface area contributed by atoms with Crippen LogP contribution in [0.15, 0.2) is 48.5 Å². The Hall–Kier alpha value is -3.39. The highest BCUT2D eigenvalue weighted by atomic mass is 32.1. The Balaban J connectivity index is 0.000000391.